The van der Waals surface area contributed by atoms with E-state index >= 15 is 0 Å². The molecule has 4 rings (SSSR count). The highest BCUT2D eigenvalue weighted by Gasteiger charge is 2.28. The van der Waals surface area contributed by atoms with Gasteiger partial charge in [0.15, 0.2) is 6.61 Å². The fourth-order valence-corrected chi connectivity index (χ4v) is 3.56. The molecule has 0 aromatic heterocycles. The summed E-state index contributed by atoms with van der Waals surface area (Å²) in [6.45, 7) is 0.723. The van der Waals surface area contributed by atoms with Gasteiger partial charge in [0.1, 0.15) is 5.75 Å². The molecule has 8 heteroatoms. The molecule has 0 spiro atoms. The second-order valence-corrected chi connectivity index (χ2v) is 8.35. The van der Waals surface area contributed by atoms with E-state index in [1.165, 1.54) is 4.90 Å². The van der Waals surface area contributed by atoms with Crippen molar-refractivity contribution in [3.8, 4) is 5.75 Å². The molecule has 4 amide bonds. The number of hydrogen-bond acceptors (Lipinski definition) is 5. The van der Waals surface area contributed by atoms with Crippen LogP contribution in [-0.2, 0) is 27.3 Å². The Morgan fingerprint density at radius 2 is 1.55 bits per heavy atom. The first kappa shape index (κ1) is 22.5. The van der Waals surface area contributed by atoms with Gasteiger partial charge in [0.2, 0.25) is 11.8 Å². The molecule has 0 atom stereocenters. The number of benzene rings is 2. The first-order valence-electron chi connectivity index (χ1n) is 11.2. The predicted molar refractivity (Wildman–Crippen MR) is 120 cm³/mol. The van der Waals surface area contributed by atoms with Crippen LogP contribution in [0.4, 0.5) is 0 Å². The van der Waals surface area contributed by atoms with E-state index in [9.17, 15) is 19.2 Å². The van der Waals surface area contributed by atoms with Crippen LogP contribution >= 0.6 is 0 Å². The van der Waals surface area contributed by atoms with E-state index in [1.807, 2.05) is 24.3 Å². The lowest BCUT2D eigenvalue weighted by atomic mass is 10.1. The van der Waals surface area contributed by atoms with Gasteiger partial charge in [0.25, 0.3) is 11.8 Å². The van der Waals surface area contributed by atoms with Crippen LogP contribution in [0.1, 0.15) is 47.2 Å². The third-order valence-electron chi connectivity index (χ3n) is 5.65. The van der Waals surface area contributed by atoms with Gasteiger partial charge in [0.05, 0.1) is 6.54 Å². The summed E-state index contributed by atoms with van der Waals surface area (Å²) < 4.78 is 5.49. The van der Waals surface area contributed by atoms with Crippen LogP contribution in [0.15, 0.2) is 48.5 Å². The zero-order valence-electron chi connectivity index (χ0n) is 18.3. The van der Waals surface area contributed by atoms with Crippen molar-refractivity contribution in [2.45, 2.75) is 44.7 Å². The molecule has 2 N–H and O–H groups in total. The zero-order valence-corrected chi connectivity index (χ0v) is 18.3. The molecule has 0 radical (unpaired) electrons. The highest BCUT2D eigenvalue weighted by atomic mass is 16.5. The van der Waals surface area contributed by atoms with E-state index in [0.29, 0.717) is 30.3 Å². The number of imide groups is 1. The SMILES string of the molecule is O=C(COc1ccc(CCNC(=O)c2ccc(CN3C(=O)CCC3=O)cc2)cc1)NC1CC1. The monoisotopic (exact) mass is 449 g/mol. The Labute approximate surface area is 192 Å². The summed E-state index contributed by atoms with van der Waals surface area (Å²) in [6.07, 6.45) is 3.29. The van der Waals surface area contributed by atoms with Gasteiger partial charge in [-0.3, -0.25) is 24.1 Å². The van der Waals surface area contributed by atoms with Crippen LogP contribution in [0.2, 0.25) is 0 Å². The van der Waals surface area contributed by atoms with Crippen LogP contribution in [0.25, 0.3) is 0 Å². The molecule has 1 aliphatic carbocycles. The van der Waals surface area contributed by atoms with Crippen molar-refractivity contribution in [3.05, 3.63) is 65.2 Å². The van der Waals surface area contributed by atoms with Crippen LogP contribution in [-0.4, -0.2) is 47.7 Å². The molecule has 2 fully saturated rings. The second-order valence-electron chi connectivity index (χ2n) is 8.35. The van der Waals surface area contributed by atoms with Gasteiger partial charge in [-0.15, -0.1) is 0 Å². The average molecular weight is 450 g/mol. The molecule has 172 valence electrons. The summed E-state index contributed by atoms with van der Waals surface area (Å²) in [5.41, 5.74) is 2.37. The smallest absolute Gasteiger partial charge is 0.258 e. The van der Waals surface area contributed by atoms with E-state index in [4.69, 9.17) is 4.74 Å². The van der Waals surface area contributed by atoms with Crippen molar-refractivity contribution in [3.63, 3.8) is 0 Å². The minimum absolute atomic E-state index is 0.00927. The maximum absolute atomic E-state index is 12.4. The van der Waals surface area contributed by atoms with Crippen molar-refractivity contribution >= 4 is 23.6 Å². The fraction of sp³-hybridized carbons (Fsp3) is 0.360. The number of nitrogens with zero attached hydrogens (tertiary/aromatic N) is 1. The highest BCUT2D eigenvalue weighted by Crippen LogP contribution is 2.19. The molecule has 2 aromatic carbocycles. The lowest BCUT2D eigenvalue weighted by molar-refractivity contribution is -0.139. The van der Waals surface area contributed by atoms with E-state index in [2.05, 4.69) is 10.6 Å². The maximum atomic E-state index is 12.4. The first-order chi connectivity index (χ1) is 16.0. The minimum Gasteiger partial charge on any atom is -0.484 e. The van der Waals surface area contributed by atoms with Gasteiger partial charge < -0.3 is 15.4 Å². The third-order valence-corrected chi connectivity index (χ3v) is 5.65. The number of carbonyl (C=O) groups is 4. The molecule has 1 heterocycles. The normalized spacial score (nSPS) is 15.5. The van der Waals surface area contributed by atoms with Crippen molar-refractivity contribution in [2.75, 3.05) is 13.2 Å². The molecule has 0 bridgehead atoms. The molecule has 2 aliphatic rings. The van der Waals surface area contributed by atoms with Gasteiger partial charge in [0, 0.05) is 31.0 Å². The van der Waals surface area contributed by atoms with Gasteiger partial charge in [-0.05, 0) is 54.7 Å². The van der Waals surface area contributed by atoms with Crippen molar-refractivity contribution in [2.24, 2.45) is 0 Å². The number of amides is 4. The van der Waals surface area contributed by atoms with Crippen LogP contribution in [0.5, 0.6) is 5.75 Å². The summed E-state index contributed by atoms with van der Waals surface area (Å²) in [5.74, 6) is 0.0407. The first-order valence-corrected chi connectivity index (χ1v) is 11.2. The third kappa shape index (κ3) is 6.41. The molecule has 2 aromatic rings. The molecular formula is C25H27N3O5. The standard InChI is InChI=1S/C25H27N3O5/c29-22(27-20-7-8-20)16-33-21-9-3-17(4-10-21)13-14-26-25(32)19-5-1-18(2-6-19)15-28-23(30)11-12-24(28)31/h1-6,9-10,20H,7-8,11-16H2,(H,26,32)(H,27,29). The van der Waals surface area contributed by atoms with Gasteiger partial charge >= 0.3 is 0 Å². The Balaban J connectivity index is 1.18. The van der Waals surface area contributed by atoms with E-state index < -0.39 is 0 Å². The summed E-state index contributed by atoms with van der Waals surface area (Å²) in [7, 11) is 0. The number of nitrogens with one attached hydrogen (secondary N) is 2. The molecule has 33 heavy (non-hydrogen) atoms. The zero-order chi connectivity index (χ0) is 23.2. The highest BCUT2D eigenvalue weighted by molar-refractivity contribution is 6.01. The van der Waals surface area contributed by atoms with Crippen molar-refractivity contribution in [1.82, 2.24) is 15.5 Å². The topological polar surface area (TPSA) is 105 Å². The molecule has 1 saturated carbocycles. The molecular weight excluding hydrogens is 422 g/mol. The lowest BCUT2D eigenvalue weighted by Crippen LogP contribution is -2.30. The maximum Gasteiger partial charge on any atom is 0.258 e. The second kappa shape index (κ2) is 10.3. The molecule has 1 saturated heterocycles. The Hall–Kier alpha value is -3.68. The summed E-state index contributed by atoms with van der Waals surface area (Å²) in [5, 5.41) is 5.77. The predicted octanol–water partition coefficient (Wildman–Crippen LogP) is 1.97. The fourth-order valence-electron chi connectivity index (χ4n) is 3.56. The Kier molecular flexibility index (Phi) is 7.02. The van der Waals surface area contributed by atoms with Crippen LogP contribution in [0.3, 0.4) is 0 Å². The number of ether oxygens (including phenoxy) is 1. The van der Waals surface area contributed by atoms with Crippen molar-refractivity contribution < 1.29 is 23.9 Å². The Bertz CT molecular complexity index is 1010. The van der Waals surface area contributed by atoms with Crippen LogP contribution in [0, 0.1) is 0 Å². The average Bonchev–Trinajstić information content (AvgIpc) is 3.58. The minimum atomic E-state index is -0.184. The lowest BCUT2D eigenvalue weighted by Gasteiger charge is -2.14. The van der Waals surface area contributed by atoms with Gasteiger partial charge in [-0.25, -0.2) is 0 Å². The quantitative estimate of drug-likeness (QED) is 0.540. The van der Waals surface area contributed by atoms with E-state index in [1.54, 1.807) is 24.3 Å². The number of likely N-dealkylation sites (tertiary alicyclic amines) is 1. The van der Waals surface area contributed by atoms with Gasteiger partial charge in [-0.2, -0.15) is 0 Å². The summed E-state index contributed by atoms with van der Waals surface area (Å²) >= 11 is 0. The Morgan fingerprint density at radius 1 is 0.909 bits per heavy atom. The molecule has 1 aliphatic heterocycles. The van der Waals surface area contributed by atoms with E-state index in [0.717, 1.165) is 24.0 Å². The van der Waals surface area contributed by atoms with E-state index in [-0.39, 0.29) is 49.6 Å². The molecule has 0 unspecified atom stereocenters. The largest absolute Gasteiger partial charge is 0.484 e. The molecule has 8 nitrogen and oxygen atoms in total. The van der Waals surface area contributed by atoms with Crippen molar-refractivity contribution in [1.29, 1.82) is 0 Å². The number of rotatable bonds is 10. The number of hydrogen-bond donors (Lipinski definition) is 2. The summed E-state index contributed by atoms with van der Waals surface area (Å²) in [4.78, 5) is 48.8. The van der Waals surface area contributed by atoms with Gasteiger partial charge in [-0.1, -0.05) is 24.3 Å². The van der Waals surface area contributed by atoms with Crippen LogP contribution < -0.4 is 15.4 Å². The summed E-state index contributed by atoms with van der Waals surface area (Å²) in [6, 6.07) is 14.7. The number of carbonyl (C=O) groups excluding carboxylic acids is 4. The Morgan fingerprint density at radius 3 is 2.18 bits per heavy atom.